The first-order chi connectivity index (χ1) is 8.22. The molecule has 0 aliphatic rings. The summed E-state index contributed by atoms with van der Waals surface area (Å²) in [6.45, 7) is 1.92. The standard InChI is InChI=1S/C13H14FN3/c1-9-7-10(3-6-17-9)13(15-2)11-4-5-16-8-12(11)14/h3-8,13,15H,1-2H3. The van der Waals surface area contributed by atoms with Gasteiger partial charge in [0.2, 0.25) is 0 Å². The van der Waals surface area contributed by atoms with Crippen molar-refractivity contribution in [2.24, 2.45) is 0 Å². The van der Waals surface area contributed by atoms with E-state index in [1.165, 1.54) is 6.20 Å². The normalized spacial score (nSPS) is 12.4. The molecule has 2 aromatic rings. The van der Waals surface area contributed by atoms with Crippen molar-refractivity contribution in [1.82, 2.24) is 15.3 Å². The molecule has 1 N–H and O–H groups in total. The average Bonchev–Trinajstić information content (AvgIpc) is 2.33. The Morgan fingerprint density at radius 2 is 2.12 bits per heavy atom. The number of halogens is 1. The lowest BCUT2D eigenvalue weighted by Gasteiger charge is -2.17. The molecule has 88 valence electrons. The van der Waals surface area contributed by atoms with Crippen LogP contribution in [0.25, 0.3) is 0 Å². The largest absolute Gasteiger partial charge is 0.309 e. The second-order valence-corrected chi connectivity index (χ2v) is 3.85. The van der Waals surface area contributed by atoms with Crippen molar-refractivity contribution in [2.45, 2.75) is 13.0 Å². The van der Waals surface area contributed by atoms with Crippen LogP contribution >= 0.6 is 0 Å². The summed E-state index contributed by atoms with van der Waals surface area (Å²) in [4.78, 5) is 7.90. The third kappa shape index (κ3) is 2.47. The minimum atomic E-state index is -0.304. The number of hydrogen-bond donors (Lipinski definition) is 1. The summed E-state index contributed by atoms with van der Waals surface area (Å²) >= 11 is 0. The summed E-state index contributed by atoms with van der Waals surface area (Å²) in [7, 11) is 1.81. The molecule has 0 saturated carbocycles. The van der Waals surface area contributed by atoms with Gasteiger partial charge < -0.3 is 5.32 Å². The smallest absolute Gasteiger partial charge is 0.146 e. The maximum atomic E-state index is 13.7. The number of hydrogen-bond acceptors (Lipinski definition) is 3. The molecule has 0 bridgehead atoms. The number of aromatic nitrogens is 2. The van der Waals surface area contributed by atoms with Gasteiger partial charge in [-0.3, -0.25) is 9.97 Å². The molecule has 0 amide bonds. The average molecular weight is 231 g/mol. The van der Waals surface area contributed by atoms with Crippen LogP contribution in [0, 0.1) is 12.7 Å². The van der Waals surface area contributed by atoms with Crippen molar-refractivity contribution >= 4 is 0 Å². The zero-order chi connectivity index (χ0) is 12.3. The molecular weight excluding hydrogens is 217 g/mol. The Hall–Kier alpha value is -1.81. The Morgan fingerprint density at radius 1 is 1.29 bits per heavy atom. The van der Waals surface area contributed by atoms with E-state index in [1.807, 2.05) is 19.1 Å². The van der Waals surface area contributed by atoms with Crippen LogP contribution in [0.2, 0.25) is 0 Å². The summed E-state index contributed by atoms with van der Waals surface area (Å²) in [6, 6.07) is 5.33. The fraction of sp³-hybridized carbons (Fsp3) is 0.231. The fourth-order valence-electron chi connectivity index (χ4n) is 1.87. The number of pyridine rings is 2. The summed E-state index contributed by atoms with van der Waals surface area (Å²) in [5.74, 6) is -0.304. The second-order valence-electron chi connectivity index (χ2n) is 3.85. The Labute approximate surface area is 99.7 Å². The third-order valence-electron chi connectivity index (χ3n) is 2.66. The van der Waals surface area contributed by atoms with E-state index in [0.717, 1.165) is 11.3 Å². The predicted molar refractivity (Wildman–Crippen MR) is 64.1 cm³/mol. The van der Waals surface area contributed by atoms with Crippen molar-refractivity contribution < 1.29 is 4.39 Å². The minimum Gasteiger partial charge on any atom is -0.309 e. The van der Waals surface area contributed by atoms with Gasteiger partial charge in [0.25, 0.3) is 0 Å². The van der Waals surface area contributed by atoms with Gasteiger partial charge in [0.1, 0.15) is 5.82 Å². The van der Waals surface area contributed by atoms with Crippen molar-refractivity contribution in [2.75, 3.05) is 7.05 Å². The first kappa shape index (κ1) is 11.7. The van der Waals surface area contributed by atoms with Gasteiger partial charge in [-0.05, 0) is 37.7 Å². The van der Waals surface area contributed by atoms with Crippen LogP contribution in [0.15, 0.2) is 36.8 Å². The van der Waals surface area contributed by atoms with Crippen LogP contribution in [0.5, 0.6) is 0 Å². The lowest BCUT2D eigenvalue weighted by Crippen LogP contribution is -2.19. The molecule has 2 aromatic heterocycles. The van der Waals surface area contributed by atoms with Crippen LogP contribution in [0.1, 0.15) is 22.9 Å². The maximum absolute atomic E-state index is 13.7. The van der Waals surface area contributed by atoms with E-state index in [4.69, 9.17) is 0 Å². The zero-order valence-electron chi connectivity index (χ0n) is 9.81. The highest BCUT2D eigenvalue weighted by Gasteiger charge is 2.15. The Morgan fingerprint density at radius 3 is 2.76 bits per heavy atom. The highest BCUT2D eigenvalue weighted by molar-refractivity contribution is 5.31. The first-order valence-corrected chi connectivity index (χ1v) is 5.41. The molecule has 0 spiro atoms. The molecule has 0 aliphatic heterocycles. The topological polar surface area (TPSA) is 37.8 Å². The van der Waals surface area contributed by atoms with Crippen LogP contribution in [0.4, 0.5) is 4.39 Å². The summed E-state index contributed by atoms with van der Waals surface area (Å²) < 4.78 is 13.7. The Bertz CT molecular complexity index is 514. The van der Waals surface area contributed by atoms with Gasteiger partial charge in [-0.1, -0.05) is 0 Å². The fourth-order valence-corrected chi connectivity index (χ4v) is 1.87. The molecule has 2 heterocycles. The number of aryl methyl sites for hydroxylation is 1. The van der Waals surface area contributed by atoms with Gasteiger partial charge in [0.05, 0.1) is 12.2 Å². The van der Waals surface area contributed by atoms with Crippen molar-refractivity contribution in [3.05, 3.63) is 59.4 Å². The van der Waals surface area contributed by atoms with E-state index in [-0.39, 0.29) is 11.9 Å². The van der Waals surface area contributed by atoms with Crippen molar-refractivity contribution in [3.63, 3.8) is 0 Å². The van der Waals surface area contributed by atoms with E-state index >= 15 is 0 Å². The lowest BCUT2D eigenvalue weighted by molar-refractivity contribution is 0.570. The Kier molecular flexibility index (Phi) is 3.44. The molecular formula is C13H14FN3. The van der Waals surface area contributed by atoms with Gasteiger partial charge in [0.15, 0.2) is 0 Å². The van der Waals surface area contributed by atoms with E-state index in [2.05, 4.69) is 15.3 Å². The SMILES string of the molecule is CNC(c1ccnc(C)c1)c1ccncc1F. The van der Waals surface area contributed by atoms with Crippen LogP contribution in [-0.4, -0.2) is 17.0 Å². The lowest BCUT2D eigenvalue weighted by atomic mass is 10.00. The molecule has 0 aromatic carbocycles. The van der Waals surface area contributed by atoms with Gasteiger partial charge in [-0.25, -0.2) is 4.39 Å². The van der Waals surface area contributed by atoms with E-state index < -0.39 is 0 Å². The molecule has 0 fully saturated rings. The van der Waals surface area contributed by atoms with Crippen molar-refractivity contribution in [1.29, 1.82) is 0 Å². The molecule has 1 atom stereocenters. The Balaban J connectivity index is 2.44. The van der Waals surface area contributed by atoms with Crippen LogP contribution < -0.4 is 5.32 Å². The minimum absolute atomic E-state index is 0.181. The van der Waals surface area contributed by atoms with Crippen LogP contribution in [-0.2, 0) is 0 Å². The van der Waals surface area contributed by atoms with Gasteiger partial charge in [-0.15, -0.1) is 0 Å². The predicted octanol–water partition coefficient (Wildman–Crippen LogP) is 2.23. The quantitative estimate of drug-likeness (QED) is 0.880. The summed E-state index contributed by atoms with van der Waals surface area (Å²) in [6.07, 6.45) is 4.55. The third-order valence-corrected chi connectivity index (χ3v) is 2.66. The molecule has 0 radical (unpaired) electrons. The molecule has 1 unspecified atom stereocenters. The van der Waals surface area contributed by atoms with Gasteiger partial charge in [0, 0.05) is 23.7 Å². The van der Waals surface area contributed by atoms with Crippen molar-refractivity contribution in [3.8, 4) is 0 Å². The zero-order valence-corrected chi connectivity index (χ0v) is 9.81. The van der Waals surface area contributed by atoms with E-state index in [0.29, 0.717) is 5.56 Å². The van der Waals surface area contributed by atoms with Gasteiger partial charge in [-0.2, -0.15) is 0 Å². The number of nitrogens with zero attached hydrogens (tertiary/aromatic N) is 2. The monoisotopic (exact) mass is 231 g/mol. The molecule has 17 heavy (non-hydrogen) atoms. The first-order valence-electron chi connectivity index (χ1n) is 5.41. The molecule has 0 aliphatic carbocycles. The highest BCUT2D eigenvalue weighted by Crippen LogP contribution is 2.23. The van der Waals surface area contributed by atoms with Gasteiger partial charge >= 0.3 is 0 Å². The number of nitrogens with one attached hydrogen (secondary N) is 1. The van der Waals surface area contributed by atoms with Crippen LogP contribution in [0.3, 0.4) is 0 Å². The van der Waals surface area contributed by atoms with E-state index in [1.54, 1.807) is 25.5 Å². The molecule has 4 heteroatoms. The number of rotatable bonds is 3. The molecule has 0 saturated heterocycles. The summed E-state index contributed by atoms with van der Waals surface area (Å²) in [5.41, 5.74) is 2.50. The highest BCUT2D eigenvalue weighted by atomic mass is 19.1. The molecule has 3 nitrogen and oxygen atoms in total. The second kappa shape index (κ2) is 5.01. The van der Waals surface area contributed by atoms with E-state index in [9.17, 15) is 4.39 Å². The molecule has 2 rings (SSSR count). The maximum Gasteiger partial charge on any atom is 0.146 e. The summed E-state index contributed by atoms with van der Waals surface area (Å²) in [5, 5.41) is 3.11.